The molecule has 18 heavy (non-hydrogen) atoms. The standard InChI is InChI=1S/C15H22N2S/c1-4-13(11-16)12-17(2)10-9-14-5-7-15(18-3)8-6-14/h5-8,13H,4,9-10,12H2,1-3H3. The van der Waals surface area contributed by atoms with Crippen LogP contribution < -0.4 is 0 Å². The molecule has 0 aliphatic rings. The molecule has 0 amide bonds. The van der Waals surface area contributed by atoms with E-state index in [1.807, 2.05) is 0 Å². The van der Waals surface area contributed by atoms with Crippen LogP contribution in [0.5, 0.6) is 0 Å². The summed E-state index contributed by atoms with van der Waals surface area (Å²) < 4.78 is 0. The van der Waals surface area contributed by atoms with E-state index in [9.17, 15) is 0 Å². The number of nitrogens with zero attached hydrogens (tertiary/aromatic N) is 2. The molecule has 1 unspecified atom stereocenters. The van der Waals surface area contributed by atoms with Crippen LogP contribution in [0.15, 0.2) is 29.2 Å². The van der Waals surface area contributed by atoms with Gasteiger partial charge in [-0.15, -0.1) is 11.8 Å². The fraction of sp³-hybridized carbons (Fsp3) is 0.533. The predicted molar refractivity (Wildman–Crippen MR) is 78.8 cm³/mol. The van der Waals surface area contributed by atoms with Crippen molar-refractivity contribution in [1.82, 2.24) is 4.90 Å². The fourth-order valence-corrected chi connectivity index (χ4v) is 2.25. The van der Waals surface area contributed by atoms with Crippen molar-refractivity contribution in [2.24, 2.45) is 5.92 Å². The van der Waals surface area contributed by atoms with Crippen molar-refractivity contribution in [3.05, 3.63) is 29.8 Å². The number of nitriles is 1. The molecule has 0 saturated heterocycles. The summed E-state index contributed by atoms with van der Waals surface area (Å²) in [5.74, 6) is 0.161. The molecule has 3 heteroatoms. The monoisotopic (exact) mass is 262 g/mol. The Morgan fingerprint density at radius 1 is 1.33 bits per heavy atom. The molecular weight excluding hydrogens is 240 g/mol. The van der Waals surface area contributed by atoms with Crippen molar-refractivity contribution in [3.63, 3.8) is 0 Å². The Morgan fingerprint density at radius 3 is 2.50 bits per heavy atom. The van der Waals surface area contributed by atoms with Gasteiger partial charge in [-0.3, -0.25) is 0 Å². The second kappa shape index (κ2) is 8.18. The molecule has 0 spiro atoms. The number of rotatable bonds is 7. The quantitative estimate of drug-likeness (QED) is 0.704. The smallest absolute Gasteiger partial charge is 0.0669 e. The highest BCUT2D eigenvalue weighted by molar-refractivity contribution is 7.98. The second-order valence-electron chi connectivity index (χ2n) is 4.59. The molecule has 0 aliphatic heterocycles. The summed E-state index contributed by atoms with van der Waals surface area (Å²) >= 11 is 1.77. The molecule has 1 atom stereocenters. The first-order valence-corrected chi connectivity index (χ1v) is 7.63. The van der Waals surface area contributed by atoms with Gasteiger partial charge in [0, 0.05) is 18.0 Å². The summed E-state index contributed by atoms with van der Waals surface area (Å²) in [5.41, 5.74) is 1.37. The van der Waals surface area contributed by atoms with Crippen LogP contribution in [0.3, 0.4) is 0 Å². The molecule has 0 heterocycles. The maximum Gasteiger partial charge on any atom is 0.0669 e. The molecule has 0 N–H and O–H groups in total. The van der Waals surface area contributed by atoms with E-state index in [1.165, 1.54) is 10.5 Å². The van der Waals surface area contributed by atoms with E-state index < -0.39 is 0 Å². The van der Waals surface area contributed by atoms with Gasteiger partial charge in [0.05, 0.1) is 12.0 Å². The minimum absolute atomic E-state index is 0.161. The first-order valence-electron chi connectivity index (χ1n) is 6.40. The number of thioether (sulfide) groups is 1. The van der Waals surface area contributed by atoms with Gasteiger partial charge >= 0.3 is 0 Å². The Balaban J connectivity index is 2.37. The van der Waals surface area contributed by atoms with Gasteiger partial charge in [-0.1, -0.05) is 19.1 Å². The first kappa shape index (κ1) is 15.1. The third-order valence-corrected chi connectivity index (χ3v) is 3.89. The van der Waals surface area contributed by atoms with E-state index in [-0.39, 0.29) is 5.92 Å². The summed E-state index contributed by atoms with van der Waals surface area (Å²) in [6.07, 6.45) is 4.08. The lowest BCUT2D eigenvalue weighted by molar-refractivity contribution is 0.303. The van der Waals surface area contributed by atoms with E-state index in [1.54, 1.807) is 11.8 Å². The van der Waals surface area contributed by atoms with Crippen molar-refractivity contribution in [2.75, 3.05) is 26.4 Å². The van der Waals surface area contributed by atoms with E-state index in [4.69, 9.17) is 5.26 Å². The Morgan fingerprint density at radius 2 is 2.00 bits per heavy atom. The molecular formula is C15H22N2S. The van der Waals surface area contributed by atoms with Crippen LogP contribution in [-0.2, 0) is 6.42 Å². The lowest BCUT2D eigenvalue weighted by Crippen LogP contribution is -2.27. The summed E-state index contributed by atoms with van der Waals surface area (Å²) in [4.78, 5) is 3.56. The van der Waals surface area contributed by atoms with Crippen LogP contribution in [0.1, 0.15) is 18.9 Å². The zero-order chi connectivity index (χ0) is 13.4. The number of likely N-dealkylation sites (N-methyl/N-ethyl adjacent to an activating group) is 1. The second-order valence-corrected chi connectivity index (χ2v) is 5.47. The van der Waals surface area contributed by atoms with Crippen molar-refractivity contribution >= 4 is 11.8 Å². The molecule has 1 aromatic carbocycles. The largest absolute Gasteiger partial charge is 0.305 e. The van der Waals surface area contributed by atoms with Crippen molar-refractivity contribution in [2.45, 2.75) is 24.7 Å². The normalized spacial score (nSPS) is 12.4. The number of benzene rings is 1. The third kappa shape index (κ3) is 5.12. The van der Waals surface area contributed by atoms with Gasteiger partial charge in [0.15, 0.2) is 0 Å². The van der Waals surface area contributed by atoms with Crippen molar-refractivity contribution < 1.29 is 0 Å². The van der Waals surface area contributed by atoms with Crippen LogP contribution in [0.4, 0.5) is 0 Å². The SMILES string of the molecule is CCC(C#N)CN(C)CCc1ccc(SC)cc1. The molecule has 1 aromatic rings. The molecule has 0 fully saturated rings. The summed E-state index contributed by atoms with van der Waals surface area (Å²) in [5, 5.41) is 8.94. The Bertz CT molecular complexity index is 380. The van der Waals surface area contributed by atoms with Gasteiger partial charge in [0.25, 0.3) is 0 Å². The topological polar surface area (TPSA) is 27.0 Å². The van der Waals surface area contributed by atoms with E-state index in [2.05, 4.69) is 55.5 Å². The van der Waals surface area contributed by atoms with Crippen molar-refractivity contribution in [3.8, 4) is 6.07 Å². The summed E-state index contributed by atoms with van der Waals surface area (Å²) in [6.45, 7) is 3.95. The molecule has 0 bridgehead atoms. The van der Waals surface area contributed by atoms with Crippen LogP contribution >= 0.6 is 11.8 Å². The average Bonchev–Trinajstić information content (AvgIpc) is 2.43. The van der Waals surface area contributed by atoms with Crippen LogP contribution in [0.2, 0.25) is 0 Å². The van der Waals surface area contributed by atoms with Crippen LogP contribution in [0.25, 0.3) is 0 Å². The highest BCUT2D eigenvalue weighted by Crippen LogP contribution is 2.15. The molecule has 0 saturated carbocycles. The van der Waals surface area contributed by atoms with Gasteiger partial charge in [0.2, 0.25) is 0 Å². The molecule has 0 aromatic heterocycles. The van der Waals surface area contributed by atoms with E-state index >= 15 is 0 Å². The highest BCUT2D eigenvalue weighted by Gasteiger charge is 2.08. The molecule has 98 valence electrons. The highest BCUT2D eigenvalue weighted by atomic mass is 32.2. The van der Waals surface area contributed by atoms with E-state index in [0.717, 1.165) is 25.9 Å². The van der Waals surface area contributed by atoms with Crippen molar-refractivity contribution in [1.29, 1.82) is 5.26 Å². The van der Waals surface area contributed by atoms with Gasteiger partial charge in [-0.05, 0) is 43.8 Å². The van der Waals surface area contributed by atoms with Gasteiger partial charge in [0.1, 0.15) is 0 Å². The lowest BCUT2D eigenvalue weighted by atomic mass is 10.1. The molecule has 0 radical (unpaired) electrons. The summed E-state index contributed by atoms with van der Waals surface area (Å²) in [7, 11) is 2.09. The molecule has 1 rings (SSSR count). The predicted octanol–water partition coefficient (Wildman–Crippen LogP) is 3.43. The lowest BCUT2D eigenvalue weighted by Gasteiger charge is -2.18. The Kier molecular flexibility index (Phi) is 6.85. The van der Waals surface area contributed by atoms with Crippen LogP contribution in [0, 0.1) is 17.2 Å². The van der Waals surface area contributed by atoms with Crippen LogP contribution in [-0.4, -0.2) is 31.3 Å². The maximum absolute atomic E-state index is 8.94. The maximum atomic E-state index is 8.94. The molecule has 0 aliphatic carbocycles. The fourth-order valence-electron chi connectivity index (χ4n) is 1.84. The van der Waals surface area contributed by atoms with Gasteiger partial charge in [-0.2, -0.15) is 5.26 Å². The first-order chi connectivity index (χ1) is 8.69. The van der Waals surface area contributed by atoms with Gasteiger partial charge < -0.3 is 4.90 Å². The minimum Gasteiger partial charge on any atom is -0.305 e. The van der Waals surface area contributed by atoms with E-state index in [0.29, 0.717) is 0 Å². The minimum atomic E-state index is 0.161. The zero-order valence-electron chi connectivity index (χ0n) is 11.5. The molecule has 2 nitrogen and oxygen atoms in total. The number of hydrogen-bond donors (Lipinski definition) is 0. The Labute approximate surface area is 115 Å². The number of hydrogen-bond acceptors (Lipinski definition) is 3. The third-order valence-electron chi connectivity index (χ3n) is 3.15. The Hall–Kier alpha value is -0.980. The summed E-state index contributed by atoms with van der Waals surface area (Å²) in [6, 6.07) is 11.1. The van der Waals surface area contributed by atoms with Gasteiger partial charge in [-0.25, -0.2) is 0 Å². The zero-order valence-corrected chi connectivity index (χ0v) is 12.3. The average molecular weight is 262 g/mol.